The number of anilines is 3. The molecule has 176 valence electrons. The Kier molecular flexibility index (Phi) is 6.81. The number of rotatable bonds is 6. The lowest BCUT2D eigenvalue weighted by atomic mass is 9.74. The van der Waals surface area contributed by atoms with Gasteiger partial charge in [0.05, 0.1) is 6.20 Å². The molecule has 0 bridgehead atoms. The van der Waals surface area contributed by atoms with Crippen molar-refractivity contribution in [3.8, 4) is 0 Å². The Bertz CT molecular complexity index is 992. The van der Waals surface area contributed by atoms with Gasteiger partial charge in [-0.2, -0.15) is 0 Å². The van der Waals surface area contributed by atoms with Crippen molar-refractivity contribution in [3.63, 3.8) is 0 Å². The Morgan fingerprint density at radius 2 is 1.73 bits per heavy atom. The average Bonchev–Trinajstić information content (AvgIpc) is 2.85. The molecule has 2 aliphatic heterocycles. The molecule has 1 aromatic heterocycles. The van der Waals surface area contributed by atoms with E-state index in [0.717, 1.165) is 63.4 Å². The van der Waals surface area contributed by atoms with Crippen LogP contribution in [-0.4, -0.2) is 52.9 Å². The van der Waals surface area contributed by atoms with E-state index in [2.05, 4.69) is 39.2 Å². The quantitative estimate of drug-likeness (QED) is 0.697. The number of primary amides is 1. The Labute approximate surface area is 195 Å². The van der Waals surface area contributed by atoms with E-state index in [-0.39, 0.29) is 17.0 Å². The predicted molar refractivity (Wildman–Crippen MR) is 130 cm³/mol. The van der Waals surface area contributed by atoms with Crippen LogP contribution in [0.3, 0.4) is 0 Å². The fraction of sp³-hybridized carbons (Fsp3) is 0.520. The predicted octanol–water partition coefficient (Wildman–Crippen LogP) is 3.60. The highest BCUT2D eigenvalue weighted by atomic mass is 16.2. The molecule has 4 rings (SSSR count). The van der Waals surface area contributed by atoms with Crippen LogP contribution in [0.5, 0.6) is 0 Å². The third-order valence-corrected chi connectivity index (χ3v) is 7.04. The Hall–Kier alpha value is -3.16. The second-order valence-electron chi connectivity index (χ2n) is 9.33. The van der Waals surface area contributed by atoms with Gasteiger partial charge in [0.1, 0.15) is 5.82 Å². The van der Waals surface area contributed by atoms with E-state index in [0.29, 0.717) is 12.2 Å². The minimum atomic E-state index is -0.604. The third kappa shape index (κ3) is 5.10. The summed E-state index contributed by atoms with van der Waals surface area (Å²) in [5.74, 6) is 0.776. The summed E-state index contributed by atoms with van der Waals surface area (Å²) in [6.07, 6.45) is 7.58. The number of benzene rings is 1. The van der Waals surface area contributed by atoms with Crippen LogP contribution in [0.4, 0.5) is 17.3 Å². The maximum Gasteiger partial charge on any atom is 0.271 e. The molecule has 2 amide bonds. The highest BCUT2D eigenvalue weighted by molar-refractivity contribution is 5.96. The number of nitrogens with one attached hydrogen (secondary N) is 1. The molecule has 0 saturated carbocycles. The van der Waals surface area contributed by atoms with Gasteiger partial charge in [0.25, 0.3) is 5.91 Å². The average molecular weight is 451 g/mol. The van der Waals surface area contributed by atoms with Crippen LogP contribution in [0.1, 0.15) is 68.4 Å². The third-order valence-electron chi connectivity index (χ3n) is 7.04. The number of piperidine rings is 2. The summed E-state index contributed by atoms with van der Waals surface area (Å²) >= 11 is 0. The molecule has 0 atom stereocenters. The molecule has 0 spiro atoms. The Morgan fingerprint density at radius 3 is 2.33 bits per heavy atom. The van der Waals surface area contributed by atoms with Crippen molar-refractivity contribution >= 4 is 29.1 Å². The van der Waals surface area contributed by atoms with Gasteiger partial charge in [-0.05, 0) is 55.2 Å². The Morgan fingerprint density at radius 1 is 1.06 bits per heavy atom. The van der Waals surface area contributed by atoms with Crippen LogP contribution in [0.15, 0.2) is 30.5 Å². The van der Waals surface area contributed by atoms with E-state index in [1.807, 2.05) is 24.0 Å². The fourth-order valence-electron chi connectivity index (χ4n) is 4.78. The van der Waals surface area contributed by atoms with E-state index in [4.69, 9.17) is 5.73 Å². The first-order valence-corrected chi connectivity index (χ1v) is 12.0. The molecule has 2 saturated heterocycles. The number of nitrogens with zero attached hydrogens (tertiary/aromatic N) is 4. The maximum atomic E-state index is 12.0. The monoisotopic (exact) mass is 450 g/mol. The van der Waals surface area contributed by atoms with Gasteiger partial charge >= 0.3 is 0 Å². The molecular weight excluding hydrogens is 416 g/mol. The largest absolute Gasteiger partial charge is 0.364 e. The van der Waals surface area contributed by atoms with E-state index in [9.17, 15) is 9.59 Å². The molecule has 0 radical (unpaired) electrons. The molecule has 0 unspecified atom stereocenters. The minimum Gasteiger partial charge on any atom is -0.364 e. The van der Waals surface area contributed by atoms with E-state index < -0.39 is 5.91 Å². The summed E-state index contributed by atoms with van der Waals surface area (Å²) in [5.41, 5.74) is 7.81. The van der Waals surface area contributed by atoms with E-state index in [1.165, 1.54) is 12.0 Å². The smallest absolute Gasteiger partial charge is 0.271 e. The highest BCUT2D eigenvalue weighted by Gasteiger charge is 2.33. The molecule has 3 N–H and O–H groups in total. The van der Waals surface area contributed by atoms with Gasteiger partial charge in [-0.15, -0.1) is 0 Å². The first kappa shape index (κ1) is 23.0. The van der Waals surface area contributed by atoms with Crippen LogP contribution in [0.2, 0.25) is 0 Å². The minimum absolute atomic E-state index is 0.0371. The first-order chi connectivity index (χ1) is 15.9. The summed E-state index contributed by atoms with van der Waals surface area (Å²) < 4.78 is 0. The highest BCUT2D eigenvalue weighted by Crippen LogP contribution is 2.36. The second kappa shape index (κ2) is 9.77. The van der Waals surface area contributed by atoms with Crippen molar-refractivity contribution < 1.29 is 9.59 Å². The second-order valence-corrected chi connectivity index (χ2v) is 9.33. The number of carbonyl (C=O) groups is 2. The number of carbonyl (C=O) groups excluding carboxylic acids is 2. The molecule has 0 aliphatic carbocycles. The lowest BCUT2D eigenvalue weighted by Crippen LogP contribution is -2.43. The van der Waals surface area contributed by atoms with Gasteiger partial charge in [0, 0.05) is 38.3 Å². The zero-order valence-electron chi connectivity index (χ0n) is 19.6. The number of hydrogen-bond donors (Lipinski definition) is 2. The summed E-state index contributed by atoms with van der Waals surface area (Å²) in [6.45, 7) is 7.66. The molecule has 3 heterocycles. The van der Waals surface area contributed by atoms with Crippen molar-refractivity contribution in [2.75, 3.05) is 36.4 Å². The molecule has 8 nitrogen and oxygen atoms in total. The zero-order valence-corrected chi connectivity index (χ0v) is 19.6. The fourth-order valence-corrected chi connectivity index (χ4v) is 4.78. The lowest BCUT2D eigenvalue weighted by Gasteiger charge is -2.40. The molecule has 8 heteroatoms. The molecule has 2 aliphatic rings. The van der Waals surface area contributed by atoms with Crippen molar-refractivity contribution in [1.82, 2.24) is 14.9 Å². The van der Waals surface area contributed by atoms with Crippen molar-refractivity contribution in [1.29, 1.82) is 0 Å². The van der Waals surface area contributed by atoms with Crippen molar-refractivity contribution in [2.45, 2.75) is 57.8 Å². The lowest BCUT2D eigenvalue weighted by molar-refractivity contribution is -0.132. The summed E-state index contributed by atoms with van der Waals surface area (Å²) in [6, 6.07) is 8.24. The van der Waals surface area contributed by atoms with E-state index >= 15 is 0 Å². The van der Waals surface area contributed by atoms with Gasteiger partial charge in [-0.1, -0.05) is 26.0 Å². The van der Waals surface area contributed by atoms with E-state index in [1.54, 1.807) is 6.20 Å². The van der Waals surface area contributed by atoms with Gasteiger partial charge in [-0.3, -0.25) is 9.59 Å². The van der Waals surface area contributed by atoms with Gasteiger partial charge in [0.2, 0.25) is 5.91 Å². The number of nitrogens with two attached hydrogens (primary N) is 1. The number of amides is 2. The molecule has 2 fully saturated rings. The molecule has 1 aromatic carbocycles. The van der Waals surface area contributed by atoms with Crippen molar-refractivity contribution in [3.05, 3.63) is 41.7 Å². The zero-order chi connectivity index (χ0) is 23.4. The number of hydrogen-bond acceptors (Lipinski definition) is 6. The summed E-state index contributed by atoms with van der Waals surface area (Å²) in [4.78, 5) is 37.1. The summed E-state index contributed by atoms with van der Waals surface area (Å²) in [7, 11) is 0. The van der Waals surface area contributed by atoms with Crippen LogP contribution in [0.25, 0.3) is 0 Å². The van der Waals surface area contributed by atoms with Crippen LogP contribution >= 0.6 is 0 Å². The van der Waals surface area contributed by atoms with Gasteiger partial charge in [0.15, 0.2) is 11.5 Å². The molecular formula is C25H34N6O2. The topological polar surface area (TPSA) is 104 Å². The van der Waals surface area contributed by atoms with Crippen LogP contribution in [0, 0.1) is 0 Å². The maximum absolute atomic E-state index is 12.0. The first-order valence-electron chi connectivity index (χ1n) is 12.0. The van der Waals surface area contributed by atoms with Crippen molar-refractivity contribution in [2.24, 2.45) is 5.73 Å². The normalized spacial score (nSPS) is 18.1. The standard InChI is InChI=1S/C25H34N6O2/c1-3-21(32)31-15-11-25(2,12-16-31)18-7-9-19(10-8-18)28-24-22(23(26)33)27-17-20(29-24)30-13-5-4-6-14-30/h7-10,17H,3-6,11-16H2,1-2H3,(H2,26,33)(H,28,29). The number of aromatic nitrogens is 2. The number of likely N-dealkylation sites (tertiary alicyclic amines) is 1. The molecule has 2 aromatic rings. The van der Waals surface area contributed by atoms with Crippen LogP contribution in [-0.2, 0) is 10.2 Å². The molecule has 33 heavy (non-hydrogen) atoms. The van der Waals surface area contributed by atoms with Gasteiger partial charge in [-0.25, -0.2) is 9.97 Å². The van der Waals surface area contributed by atoms with Crippen LogP contribution < -0.4 is 16.0 Å². The summed E-state index contributed by atoms with van der Waals surface area (Å²) in [5, 5.41) is 3.25. The Balaban J connectivity index is 1.49. The SMILES string of the molecule is CCC(=O)N1CCC(C)(c2ccc(Nc3nc(N4CCCCC4)cnc3C(N)=O)cc2)CC1. The van der Waals surface area contributed by atoms with Gasteiger partial charge < -0.3 is 20.9 Å².